The number of aliphatic carboxylic acids is 1. The van der Waals surface area contributed by atoms with Crippen LogP contribution in [0.15, 0.2) is 0 Å². The van der Waals surface area contributed by atoms with Gasteiger partial charge in [0.2, 0.25) is 0 Å². The number of hydrogen-bond acceptors (Lipinski definition) is 3. The van der Waals surface area contributed by atoms with Crippen LogP contribution in [0.3, 0.4) is 0 Å². The van der Waals surface area contributed by atoms with E-state index < -0.39 is 17.5 Å². The van der Waals surface area contributed by atoms with Crippen LogP contribution >= 0.6 is 0 Å². The average Bonchev–Trinajstić information content (AvgIpc) is 2.33. The zero-order chi connectivity index (χ0) is 16.6. The second kappa shape index (κ2) is 8.87. The highest BCUT2D eigenvalue weighted by Gasteiger charge is 2.33. The van der Waals surface area contributed by atoms with Crippen LogP contribution in [0.2, 0.25) is 0 Å². The van der Waals surface area contributed by atoms with Gasteiger partial charge in [0.05, 0.1) is 0 Å². The molecular weight excluding hydrogens is 270 g/mol. The van der Waals surface area contributed by atoms with Crippen LogP contribution in [0.4, 0.5) is 4.79 Å². The number of nitrogens with zero attached hydrogens (tertiary/aromatic N) is 1. The molecule has 1 unspecified atom stereocenters. The van der Waals surface area contributed by atoms with Crippen molar-refractivity contribution >= 4 is 12.0 Å². The lowest BCUT2D eigenvalue weighted by atomic mass is 9.97. The van der Waals surface area contributed by atoms with Gasteiger partial charge < -0.3 is 15.7 Å². The number of carbonyl (C=O) groups excluding carboxylic acids is 1. The Kier molecular flexibility index (Phi) is 8.32. The van der Waals surface area contributed by atoms with Crippen LogP contribution in [0, 0.1) is 0 Å². The molecule has 0 aromatic carbocycles. The molecule has 3 N–H and O–H groups in total. The number of urea groups is 1. The Morgan fingerprint density at radius 2 is 1.71 bits per heavy atom. The van der Waals surface area contributed by atoms with Gasteiger partial charge in [-0.2, -0.15) is 0 Å². The minimum Gasteiger partial charge on any atom is -0.480 e. The predicted molar refractivity (Wildman–Crippen MR) is 84.5 cm³/mol. The lowest BCUT2D eigenvalue weighted by Crippen LogP contribution is -2.56. The predicted octanol–water partition coefficient (Wildman–Crippen LogP) is 2.05. The van der Waals surface area contributed by atoms with Crippen LogP contribution in [0.25, 0.3) is 0 Å². The maximum absolute atomic E-state index is 11.9. The fourth-order valence-electron chi connectivity index (χ4n) is 2.43. The van der Waals surface area contributed by atoms with E-state index in [1.54, 1.807) is 0 Å². The van der Waals surface area contributed by atoms with Gasteiger partial charge in [-0.25, -0.2) is 9.59 Å². The Bertz CT molecular complexity index is 337. The van der Waals surface area contributed by atoms with E-state index in [0.717, 1.165) is 6.54 Å². The lowest BCUT2D eigenvalue weighted by Gasteiger charge is -2.31. The Balaban J connectivity index is 4.35. The molecule has 6 heteroatoms. The number of carboxylic acid groups (broad SMARTS) is 1. The molecule has 21 heavy (non-hydrogen) atoms. The Morgan fingerprint density at radius 1 is 1.19 bits per heavy atom. The van der Waals surface area contributed by atoms with Crippen molar-refractivity contribution < 1.29 is 14.7 Å². The van der Waals surface area contributed by atoms with Crippen molar-refractivity contribution in [2.24, 2.45) is 0 Å². The van der Waals surface area contributed by atoms with E-state index in [0.29, 0.717) is 31.5 Å². The minimum absolute atomic E-state index is 0.402. The molecule has 0 radical (unpaired) electrons. The average molecular weight is 301 g/mol. The van der Waals surface area contributed by atoms with E-state index in [1.165, 1.54) is 6.92 Å². The van der Waals surface area contributed by atoms with Gasteiger partial charge in [0.1, 0.15) is 5.54 Å². The maximum atomic E-state index is 11.9. The Morgan fingerprint density at radius 3 is 2.10 bits per heavy atom. The molecule has 6 nitrogen and oxygen atoms in total. The van der Waals surface area contributed by atoms with Crippen LogP contribution in [-0.2, 0) is 4.79 Å². The summed E-state index contributed by atoms with van der Waals surface area (Å²) < 4.78 is 0. The first kappa shape index (κ1) is 19.7. The highest BCUT2D eigenvalue weighted by Crippen LogP contribution is 2.12. The Labute approximate surface area is 128 Å². The third-order valence-corrected chi connectivity index (χ3v) is 3.59. The van der Waals surface area contributed by atoms with E-state index in [9.17, 15) is 14.7 Å². The molecule has 0 aliphatic heterocycles. The molecule has 0 heterocycles. The number of carboxylic acids is 1. The van der Waals surface area contributed by atoms with E-state index in [4.69, 9.17) is 0 Å². The fraction of sp³-hybridized carbons (Fsp3) is 0.867. The zero-order valence-electron chi connectivity index (χ0n) is 14.2. The highest BCUT2D eigenvalue weighted by molar-refractivity contribution is 5.85. The largest absolute Gasteiger partial charge is 0.480 e. The molecule has 0 aliphatic rings. The number of rotatable bonds is 9. The van der Waals surface area contributed by atoms with Crippen molar-refractivity contribution in [1.82, 2.24) is 15.5 Å². The first-order valence-corrected chi connectivity index (χ1v) is 7.69. The first-order chi connectivity index (χ1) is 9.64. The molecule has 0 saturated carbocycles. The van der Waals surface area contributed by atoms with E-state index in [1.807, 2.05) is 6.92 Å². The molecule has 1 atom stereocenters. The van der Waals surface area contributed by atoms with Crippen molar-refractivity contribution in [3.05, 3.63) is 0 Å². The second-order valence-electron chi connectivity index (χ2n) is 6.19. The van der Waals surface area contributed by atoms with Crippen molar-refractivity contribution in [2.75, 3.05) is 13.1 Å². The monoisotopic (exact) mass is 301 g/mol. The van der Waals surface area contributed by atoms with Gasteiger partial charge in [0.15, 0.2) is 0 Å². The molecule has 0 aromatic heterocycles. The topological polar surface area (TPSA) is 81.7 Å². The summed E-state index contributed by atoms with van der Waals surface area (Å²) >= 11 is 0. The van der Waals surface area contributed by atoms with E-state index >= 15 is 0 Å². The zero-order valence-corrected chi connectivity index (χ0v) is 14.2. The number of hydrogen-bond donors (Lipinski definition) is 3. The van der Waals surface area contributed by atoms with Crippen LogP contribution in [-0.4, -0.2) is 52.7 Å². The molecule has 0 aliphatic carbocycles. The quantitative estimate of drug-likeness (QED) is 0.609. The molecule has 0 spiro atoms. The SMILES string of the molecule is CCCC(C)(NC(=O)NCCN(C(C)C)C(C)C)C(=O)O. The summed E-state index contributed by atoms with van der Waals surface area (Å²) in [6.07, 6.45) is 1.09. The van der Waals surface area contributed by atoms with Gasteiger partial charge >= 0.3 is 12.0 Å². The summed E-state index contributed by atoms with van der Waals surface area (Å²) in [7, 11) is 0. The normalized spacial score (nSPS) is 14.3. The van der Waals surface area contributed by atoms with E-state index in [-0.39, 0.29) is 0 Å². The summed E-state index contributed by atoms with van der Waals surface area (Å²) in [6, 6.07) is 0.374. The maximum Gasteiger partial charge on any atom is 0.329 e. The highest BCUT2D eigenvalue weighted by atomic mass is 16.4. The molecule has 124 valence electrons. The van der Waals surface area contributed by atoms with Gasteiger partial charge in [0, 0.05) is 25.2 Å². The summed E-state index contributed by atoms with van der Waals surface area (Å²) in [5.41, 5.74) is -1.21. The van der Waals surface area contributed by atoms with Crippen molar-refractivity contribution in [3.63, 3.8) is 0 Å². The summed E-state index contributed by atoms with van der Waals surface area (Å²) in [6.45, 7) is 13.1. The minimum atomic E-state index is -1.21. The smallest absolute Gasteiger partial charge is 0.329 e. The summed E-state index contributed by atoms with van der Waals surface area (Å²) in [4.78, 5) is 25.4. The van der Waals surface area contributed by atoms with Crippen molar-refractivity contribution in [3.8, 4) is 0 Å². The standard InChI is InChI=1S/C15H31N3O3/c1-7-8-15(6,13(19)20)17-14(21)16-9-10-18(11(2)3)12(4)5/h11-12H,7-10H2,1-6H3,(H,19,20)(H2,16,17,21). The molecule has 0 bridgehead atoms. The molecule has 0 rings (SSSR count). The van der Waals surface area contributed by atoms with E-state index in [2.05, 4.69) is 43.2 Å². The van der Waals surface area contributed by atoms with Gasteiger partial charge in [-0.1, -0.05) is 13.3 Å². The van der Waals surface area contributed by atoms with Crippen molar-refractivity contribution in [2.45, 2.75) is 72.0 Å². The third-order valence-electron chi connectivity index (χ3n) is 3.59. The van der Waals surface area contributed by atoms with Gasteiger partial charge in [-0.15, -0.1) is 0 Å². The molecule has 2 amide bonds. The second-order valence-corrected chi connectivity index (χ2v) is 6.19. The number of carbonyl (C=O) groups is 2. The van der Waals surface area contributed by atoms with Crippen molar-refractivity contribution in [1.29, 1.82) is 0 Å². The number of amides is 2. The third kappa shape index (κ3) is 6.80. The Hall–Kier alpha value is -1.30. The fourth-order valence-corrected chi connectivity index (χ4v) is 2.43. The van der Waals surface area contributed by atoms with Crippen LogP contribution in [0.1, 0.15) is 54.4 Å². The van der Waals surface area contributed by atoms with Crippen LogP contribution < -0.4 is 10.6 Å². The van der Waals surface area contributed by atoms with Gasteiger partial charge in [0.25, 0.3) is 0 Å². The molecule has 0 saturated heterocycles. The summed E-state index contributed by atoms with van der Waals surface area (Å²) in [5.74, 6) is -1.01. The lowest BCUT2D eigenvalue weighted by molar-refractivity contribution is -0.144. The van der Waals surface area contributed by atoms with Gasteiger partial charge in [-0.05, 0) is 41.0 Å². The number of nitrogens with one attached hydrogen (secondary N) is 2. The van der Waals surface area contributed by atoms with Gasteiger partial charge in [-0.3, -0.25) is 4.90 Å². The summed E-state index contributed by atoms with van der Waals surface area (Å²) in [5, 5.41) is 14.5. The molecule has 0 aromatic rings. The molecular formula is C15H31N3O3. The molecule has 0 fully saturated rings. The first-order valence-electron chi connectivity index (χ1n) is 7.69. The van der Waals surface area contributed by atoms with Crippen LogP contribution in [0.5, 0.6) is 0 Å².